The van der Waals surface area contributed by atoms with E-state index in [-0.39, 0.29) is 24.2 Å². The van der Waals surface area contributed by atoms with Gasteiger partial charge in [-0.05, 0) is 42.5 Å². The maximum atomic E-state index is 12.2. The lowest BCUT2D eigenvalue weighted by atomic mass is 10.0. The number of carbonyl (C=O) groups excluding carboxylic acids is 1. The van der Waals surface area contributed by atoms with E-state index in [9.17, 15) is 9.59 Å². The molecule has 1 saturated carbocycles. The molecular weight excluding hydrogens is 416 g/mol. The average Bonchev–Trinajstić information content (AvgIpc) is 3.56. The van der Waals surface area contributed by atoms with Crippen LogP contribution >= 0.6 is 12.4 Å². The SMILES string of the molecule is Cl.NNC(=O)c1cc(-c2ccc(C#CC#CC3CC3C(=O)O)cc2)nc2ccncc12. The molecule has 0 saturated heterocycles. The standard InChI is InChI=1S/C23H16N4O3.ClH/c24-27-22(28)18-12-21(26-20-9-10-25-13-19(18)20)15-7-5-14(6-8-15)3-1-2-4-16-11-17(16)23(29)30;/h5-10,12-13,16-17H,11,24H2,(H,27,28)(H,29,30);1H. The molecule has 3 aromatic rings. The Hall–Kier alpha value is -3.91. The highest BCUT2D eigenvalue weighted by Crippen LogP contribution is 2.37. The second-order valence-corrected chi connectivity index (χ2v) is 6.80. The van der Waals surface area contributed by atoms with Crippen LogP contribution < -0.4 is 11.3 Å². The van der Waals surface area contributed by atoms with Crippen LogP contribution in [-0.4, -0.2) is 27.0 Å². The van der Waals surface area contributed by atoms with Gasteiger partial charge in [-0.1, -0.05) is 24.0 Å². The predicted octanol–water partition coefficient (Wildman–Crippen LogP) is 2.40. The van der Waals surface area contributed by atoms with E-state index in [0.717, 1.165) is 11.1 Å². The molecule has 1 amide bonds. The van der Waals surface area contributed by atoms with Gasteiger partial charge in [-0.25, -0.2) is 10.8 Å². The number of fused-ring (bicyclic) bond motifs is 1. The predicted molar refractivity (Wildman–Crippen MR) is 118 cm³/mol. The van der Waals surface area contributed by atoms with E-state index in [0.29, 0.717) is 28.6 Å². The zero-order valence-corrected chi connectivity index (χ0v) is 16.9. The minimum atomic E-state index is -0.802. The number of pyridine rings is 2. The maximum Gasteiger partial charge on any atom is 0.307 e. The number of carboxylic acid groups (broad SMARTS) is 1. The van der Waals surface area contributed by atoms with Crippen LogP contribution in [0, 0.1) is 35.5 Å². The first kappa shape index (κ1) is 21.8. The van der Waals surface area contributed by atoms with Crippen LogP contribution in [0.3, 0.4) is 0 Å². The second-order valence-electron chi connectivity index (χ2n) is 6.80. The number of halogens is 1. The fourth-order valence-corrected chi connectivity index (χ4v) is 3.07. The fraction of sp³-hybridized carbons (Fsp3) is 0.130. The van der Waals surface area contributed by atoms with E-state index in [1.165, 1.54) is 0 Å². The summed E-state index contributed by atoms with van der Waals surface area (Å²) in [5.74, 6) is 14.9. The van der Waals surface area contributed by atoms with Crippen molar-refractivity contribution < 1.29 is 14.7 Å². The van der Waals surface area contributed by atoms with Gasteiger partial charge in [0.1, 0.15) is 0 Å². The lowest BCUT2D eigenvalue weighted by Crippen LogP contribution is -2.30. The van der Waals surface area contributed by atoms with Gasteiger partial charge in [-0.15, -0.1) is 12.4 Å². The highest BCUT2D eigenvalue weighted by molar-refractivity contribution is 6.06. The smallest absolute Gasteiger partial charge is 0.307 e. The van der Waals surface area contributed by atoms with Gasteiger partial charge < -0.3 is 5.11 Å². The van der Waals surface area contributed by atoms with Crippen LogP contribution in [0.2, 0.25) is 0 Å². The molecule has 0 bridgehead atoms. The van der Waals surface area contributed by atoms with E-state index in [1.54, 1.807) is 24.5 Å². The number of carbonyl (C=O) groups is 2. The summed E-state index contributed by atoms with van der Waals surface area (Å²) in [6, 6.07) is 10.8. The van der Waals surface area contributed by atoms with E-state index in [4.69, 9.17) is 10.9 Å². The molecule has 4 N–H and O–H groups in total. The van der Waals surface area contributed by atoms with Crippen molar-refractivity contribution in [1.29, 1.82) is 0 Å². The van der Waals surface area contributed by atoms with Crippen molar-refractivity contribution >= 4 is 35.2 Å². The number of aromatic nitrogens is 2. The Morgan fingerprint density at radius 3 is 2.61 bits per heavy atom. The topological polar surface area (TPSA) is 118 Å². The number of nitrogens with one attached hydrogen (secondary N) is 1. The molecule has 1 aromatic carbocycles. The number of nitrogens with zero attached hydrogens (tertiary/aromatic N) is 2. The Bertz CT molecular complexity index is 1280. The Balaban J connectivity index is 0.00000272. The summed E-state index contributed by atoms with van der Waals surface area (Å²) >= 11 is 0. The minimum absolute atomic E-state index is 0. The molecule has 31 heavy (non-hydrogen) atoms. The molecule has 1 aliphatic rings. The summed E-state index contributed by atoms with van der Waals surface area (Å²) in [6.07, 6.45) is 3.79. The first-order chi connectivity index (χ1) is 14.6. The van der Waals surface area contributed by atoms with Gasteiger partial charge in [-0.2, -0.15) is 0 Å². The molecule has 2 heterocycles. The Kier molecular flexibility index (Phi) is 6.52. The van der Waals surface area contributed by atoms with Crippen molar-refractivity contribution in [3.8, 4) is 34.9 Å². The first-order valence-electron chi connectivity index (χ1n) is 9.17. The average molecular weight is 433 g/mol. The Labute approximate surface area is 184 Å². The number of hydrogen-bond acceptors (Lipinski definition) is 5. The van der Waals surface area contributed by atoms with Crippen molar-refractivity contribution in [2.45, 2.75) is 6.42 Å². The van der Waals surface area contributed by atoms with E-state index in [1.807, 2.05) is 24.3 Å². The fourth-order valence-electron chi connectivity index (χ4n) is 3.07. The van der Waals surface area contributed by atoms with E-state index in [2.05, 4.69) is 39.1 Å². The van der Waals surface area contributed by atoms with Gasteiger partial charge in [0.2, 0.25) is 0 Å². The molecule has 0 aliphatic heterocycles. The molecular formula is C23H17ClN4O3. The van der Waals surface area contributed by atoms with Crippen molar-refractivity contribution in [1.82, 2.24) is 15.4 Å². The summed E-state index contributed by atoms with van der Waals surface area (Å²) in [4.78, 5) is 31.6. The third-order valence-electron chi connectivity index (χ3n) is 4.80. The van der Waals surface area contributed by atoms with Gasteiger partial charge in [-0.3, -0.25) is 20.0 Å². The van der Waals surface area contributed by atoms with Crippen molar-refractivity contribution in [2.24, 2.45) is 17.7 Å². The zero-order valence-electron chi connectivity index (χ0n) is 16.1. The number of aliphatic carboxylic acids is 1. The molecule has 2 aromatic heterocycles. The lowest BCUT2D eigenvalue weighted by molar-refractivity contribution is -0.138. The number of hydrogen-bond donors (Lipinski definition) is 3. The van der Waals surface area contributed by atoms with E-state index >= 15 is 0 Å². The summed E-state index contributed by atoms with van der Waals surface area (Å²) < 4.78 is 0. The molecule has 154 valence electrons. The van der Waals surface area contributed by atoms with Crippen LogP contribution in [0.5, 0.6) is 0 Å². The third kappa shape index (κ3) is 4.81. The molecule has 7 nitrogen and oxygen atoms in total. The van der Waals surface area contributed by atoms with Crippen LogP contribution in [0.4, 0.5) is 0 Å². The lowest BCUT2D eigenvalue weighted by Gasteiger charge is -2.08. The highest BCUT2D eigenvalue weighted by atomic mass is 35.5. The molecule has 1 aliphatic carbocycles. The second kappa shape index (κ2) is 9.27. The monoisotopic (exact) mass is 432 g/mol. The van der Waals surface area contributed by atoms with Crippen molar-refractivity contribution in [2.75, 3.05) is 0 Å². The summed E-state index contributed by atoms with van der Waals surface area (Å²) in [7, 11) is 0. The van der Waals surface area contributed by atoms with Gasteiger partial charge in [0.15, 0.2) is 0 Å². The minimum Gasteiger partial charge on any atom is -0.481 e. The molecule has 2 atom stereocenters. The number of amides is 1. The van der Waals surface area contributed by atoms with Crippen LogP contribution in [0.1, 0.15) is 22.3 Å². The maximum absolute atomic E-state index is 12.2. The van der Waals surface area contributed by atoms with Gasteiger partial charge in [0.05, 0.1) is 22.7 Å². The number of nitrogen functional groups attached to an aromatic ring is 1. The molecule has 0 radical (unpaired) electrons. The van der Waals surface area contributed by atoms with Crippen LogP contribution in [0.25, 0.3) is 22.2 Å². The third-order valence-corrected chi connectivity index (χ3v) is 4.80. The summed E-state index contributed by atoms with van der Waals surface area (Å²) in [5, 5.41) is 9.47. The molecule has 4 rings (SSSR count). The first-order valence-corrected chi connectivity index (χ1v) is 9.17. The number of hydrazine groups is 1. The zero-order chi connectivity index (χ0) is 21.1. The number of rotatable bonds is 3. The quantitative estimate of drug-likeness (QED) is 0.253. The number of nitrogens with two attached hydrogens (primary N) is 1. The number of benzene rings is 1. The van der Waals surface area contributed by atoms with Gasteiger partial charge >= 0.3 is 5.97 Å². The summed E-state index contributed by atoms with van der Waals surface area (Å²) in [5.41, 5.74) is 5.40. The molecule has 0 spiro atoms. The molecule has 1 fully saturated rings. The normalized spacial score (nSPS) is 16.0. The molecule has 8 heteroatoms. The largest absolute Gasteiger partial charge is 0.481 e. The van der Waals surface area contributed by atoms with Gasteiger partial charge in [0.25, 0.3) is 5.91 Å². The van der Waals surface area contributed by atoms with Crippen molar-refractivity contribution in [3.63, 3.8) is 0 Å². The number of carboxylic acids is 1. The van der Waals surface area contributed by atoms with Crippen molar-refractivity contribution in [3.05, 3.63) is 59.9 Å². The summed E-state index contributed by atoms with van der Waals surface area (Å²) in [6.45, 7) is 0. The highest BCUT2D eigenvalue weighted by Gasteiger charge is 2.42. The molecule has 2 unspecified atom stereocenters. The van der Waals surface area contributed by atoms with Gasteiger partial charge in [0, 0.05) is 34.8 Å². The van der Waals surface area contributed by atoms with Crippen LogP contribution in [0.15, 0.2) is 48.8 Å². The van der Waals surface area contributed by atoms with Crippen LogP contribution in [-0.2, 0) is 4.79 Å². The van der Waals surface area contributed by atoms with E-state index < -0.39 is 11.9 Å². The Morgan fingerprint density at radius 1 is 1.16 bits per heavy atom. The Morgan fingerprint density at radius 2 is 1.94 bits per heavy atom.